The number of aromatic amines is 1. The van der Waals surface area contributed by atoms with Crippen molar-refractivity contribution < 1.29 is 14.3 Å². The first-order valence-electron chi connectivity index (χ1n) is 7.44. The van der Waals surface area contributed by atoms with Gasteiger partial charge in [-0.25, -0.2) is 0 Å². The quantitative estimate of drug-likeness (QED) is 0.814. The molecule has 6 nitrogen and oxygen atoms in total. The lowest BCUT2D eigenvalue weighted by Crippen LogP contribution is -2.35. The molecule has 0 radical (unpaired) electrons. The van der Waals surface area contributed by atoms with Gasteiger partial charge in [0.25, 0.3) is 5.91 Å². The van der Waals surface area contributed by atoms with Crippen LogP contribution in [0, 0.1) is 11.8 Å². The summed E-state index contributed by atoms with van der Waals surface area (Å²) in [5.74, 6) is 6.59. The number of carbonyl (C=O) groups excluding carboxylic acids is 1. The smallest absolute Gasteiger partial charge is 0.298 e. The Balaban J connectivity index is 1.68. The number of carbonyl (C=O) groups is 1. The van der Waals surface area contributed by atoms with Crippen LogP contribution >= 0.6 is 0 Å². The van der Waals surface area contributed by atoms with Crippen LogP contribution in [0.5, 0.6) is 11.5 Å². The van der Waals surface area contributed by atoms with Gasteiger partial charge in [0.2, 0.25) is 6.79 Å². The summed E-state index contributed by atoms with van der Waals surface area (Å²) in [5.41, 5.74) is 3.91. The average Bonchev–Trinajstić information content (AvgIpc) is 3.20. The van der Waals surface area contributed by atoms with Crippen LogP contribution < -0.4 is 9.47 Å². The predicted molar refractivity (Wildman–Crippen MR) is 82.7 cm³/mol. The third-order valence-corrected chi connectivity index (χ3v) is 4.10. The Morgan fingerprint density at radius 1 is 1.35 bits per heavy atom. The van der Waals surface area contributed by atoms with Gasteiger partial charge >= 0.3 is 0 Å². The van der Waals surface area contributed by atoms with Crippen LogP contribution in [-0.2, 0) is 17.8 Å². The molecule has 0 saturated heterocycles. The van der Waals surface area contributed by atoms with Gasteiger partial charge in [0, 0.05) is 29.8 Å². The fraction of sp³-hybridized carbons (Fsp3) is 0.294. The van der Waals surface area contributed by atoms with E-state index >= 15 is 0 Å². The van der Waals surface area contributed by atoms with Gasteiger partial charge in [0.15, 0.2) is 11.5 Å². The number of ether oxygens (including phenoxy) is 2. The highest BCUT2D eigenvalue weighted by Crippen LogP contribution is 2.37. The van der Waals surface area contributed by atoms with Gasteiger partial charge < -0.3 is 14.4 Å². The zero-order valence-electron chi connectivity index (χ0n) is 12.7. The molecule has 6 heteroatoms. The van der Waals surface area contributed by atoms with Crippen molar-refractivity contribution in [3.63, 3.8) is 0 Å². The molecule has 2 aliphatic heterocycles. The molecular weight excluding hydrogens is 294 g/mol. The van der Waals surface area contributed by atoms with E-state index in [1.165, 1.54) is 0 Å². The van der Waals surface area contributed by atoms with Crippen LogP contribution in [0.25, 0.3) is 11.3 Å². The number of amides is 1. The van der Waals surface area contributed by atoms with Crippen molar-refractivity contribution >= 4 is 5.91 Å². The molecule has 0 unspecified atom stereocenters. The standard InChI is InChI=1S/C17H15N3O3/c1-2-3-16(21)20-7-6-13-12(9-20)17(19-18-13)11-4-5-14-15(8-11)23-10-22-14/h4-5,8H,6-7,9-10H2,1H3,(H,18,19). The Morgan fingerprint density at radius 2 is 2.22 bits per heavy atom. The molecule has 2 aliphatic rings. The Kier molecular flexibility index (Phi) is 3.19. The van der Waals surface area contributed by atoms with Crippen molar-refractivity contribution in [2.24, 2.45) is 0 Å². The summed E-state index contributed by atoms with van der Waals surface area (Å²) in [7, 11) is 0. The van der Waals surface area contributed by atoms with E-state index in [2.05, 4.69) is 22.0 Å². The normalized spacial score (nSPS) is 14.9. The van der Waals surface area contributed by atoms with Crippen molar-refractivity contribution in [3.05, 3.63) is 29.5 Å². The highest BCUT2D eigenvalue weighted by Gasteiger charge is 2.25. The Hall–Kier alpha value is -2.94. The Morgan fingerprint density at radius 3 is 3.09 bits per heavy atom. The molecule has 0 bridgehead atoms. The first-order chi connectivity index (χ1) is 11.3. The SMILES string of the molecule is CC#CC(=O)N1CCc2[nH]nc(-c3ccc4c(c3)OCO4)c2C1. The monoisotopic (exact) mass is 309 g/mol. The minimum Gasteiger partial charge on any atom is -0.454 e. The van der Waals surface area contributed by atoms with Crippen LogP contribution in [0.15, 0.2) is 18.2 Å². The molecule has 2 aromatic rings. The molecule has 0 spiro atoms. The van der Waals surface area contributed by atoms with Gasteiger partial charge in [-0.05, 0) is 31.0 Å². The van der Waals surface area contributed by atoms with Gasteiger partial charge in [0.1, 0.15) is 0 Å². The van der Waals surface area contributed by atoms with E-state index in [1.54, 1.807) is 11.8 Å². The third-order valence-electron chi connectivity index (χ3n) is 4.10. The molecule has 116 valence electrons. The largest absolute Gasteiger partial charge is 0.454 e. The van der Waals surface area contributed by atoms with Crippen LogP contribution in [0.1, 0.15) is 18.2 Å². The number of H-pyrrole nitrogens is 1. The summed E-state index contributed by atoms with van der Waals surface area (Å²) in [6.45, 7) is 3.09. The minimum atomic E-state index is -0.143. The molecule has 0 saturated carbocycles. The maximum Gasteiger partial charge on any atom is 0.298 e. The zero-order chi connectivity index (χ0) is 15.8. The molecule has 0 aliphatic carbocycles. The lowest BCUT2D eigenvalue weighted by molar-refractivity contribution is -0.125. The zero-order valence-corrected chi connectivity index (χ0v) is 12.7. The molecular formula is C17H15N3O3. The summed E-state index contributed by atoms with van der Waals surface area (Å²) in [6.07, 6.45) is 0.754. The van der Waals surface area contributed by atoms with E-state index in [1.807, 2.05) is 18.2 Å². The van der Waals surface area contributed by atoms with Crippen molar-refractivity contribution in [2.45, 2.75) is 19.9 Å². The fourth-order valence-electron chi connectivity index (χ4n) is 2.94. The highest BCUT2D eigenvalue weighted by atomic mass is 16.7. The summed E-state index contributed by atoms with van der Waals surface area (Å²) in [4.78, 5) is 13.8. The maximum atomic E-state index is 12.0. The number of nitrogens with zero attached hydrogens (tertiary/aromatic N) is 2. The second-order valence-corrected chi connectivity index (χ2v) is 5.45. The molecule has 1 aromatic carbocycles. The topological polar surface area (TPSA) is 67.5 Å². The van der Waals surface area contributed by atoms with Gasteiger partial charge in [-0.3, -0.25) is 9.89 Å². The van der Waals surface area contributed by atoms with E-state index in [0.29, 0.717) is 13.1 Å². The molecule has 4 rings (SSSR count). The number of aromatic nitrogens is 2. The average molecular weight is 309 g/mol. The van der Waals surface area contributed by atoms with E-state index < -0.39 is 0 Å². The van der Waals surface area contributed by atoms with Gasteiger partial charge in [0.05, 0.1) is 12.2 Å². The Bertz CT molecular complexity index is 844. The lowest BCUT2D eigenvalue weighted by atomic mass is 10.0. The van der Waals surface area contributed by atoms with Crippen molar-refractivity contribution in [2.75, 3.05) is 13.3 Å². The van der Waals surface area contributed by atoms with Crippen molar-refractivity contribution in [3.8, 4) is 34.6 Å². The second-order valence-electron chi connectivity index (χ2n) is 5.45. The van der Waals surface area contributed by atoms with E-state index in [9.17, 15) is 4.79 Å². The van der Waals surface area contributed by atoms with Gasteiger partial charge in [-0.1, -0.05) is 5.92 Å². The van der Waals surface area contributed by atoms with Gasteiger partial charge in [-0.15, -0.1) is 0 Å². The maximum absolute atomic E-state index is 12.0. The van der Waals surface area contributed by atoms with E-state index in [4.69, 9.17) is 9.47 Å². The molecule has 1 amide bonds. The molecule has 1 N–H and O–H groups in total. The first-order valence-corrected chi connectivity index (χ1v) is 7.44. The third kappa shape index (κ3) is 2.30. The molecule has 0 fully saturated rings. The Labute approximate surface area is 133 Å². The summed E-state index contributed by atoms with van der Waals surface area (Å²) >= 11 is 0. The number of nitrogens with one attached hydrogen (secondary N) is 1. The van der Waals surface area contributed by atoms with E-state index in [-0.39, 0.29) is 12.7 Å². The number of benzene rings is 1. The molecule has 1 aromatic heterocycles. The van der Waals surface area contributed by atoms with Crippen LogP contribution in [0.2, 0.25) is 0 Å². The van der Waals surface area contributed by atoms with Crippen molar-refractivity contribution in [1.82, 2.24) is 15.1 Å². The second kappa shape index (κ2) is 5.36. The van der Waals surface area contributed by atoms with Crippen LogP contribution in [-0.4, -0.2) is 34.3 Å². The summed E-state index contributed by atoms with van der Waals surface area (Å²) in [6, 6.07) is 5.76. The molecule has 23 heavy (non-hydrogen) atoms. The van der Waals surface area contributed by atoms with E-state index in [0.717, 1.165) is 40.4 Å². The van der Waals surface area contributed by atoms with Crippen molar-refractivity contribution in [1.29, 1.82) is 0 Å². The number of hydrogen-bond acceptors (Lipinski definition) is 4. The summed E-state index contributed by atoms with van der Waals surface area (Å²) < 4.78 is 10.8. The lowest BCUT2D eigenvalue weighted by Gasteiger charge is -2.25. The number of fused-ring (bicyclic) bond motifs is 2. The summed E-state index contributed by atoms with van der Waals surface area (Å²) in [5, 5.41) is 7.53. The van der Waals surface area contributed by atoms with Gasteiger partial charge in [-0.2, -0.15) is 5.10 Å². The predicted octanol–water partition coefficient (Wildman–Crippen LogP) is 1.71. The highest BCUT2D eigenvalue weighted by molar-refractivity contribution is 5.93. The number of hydrogen-bond donors (Lipinski definition) is 1. The molecule has 3 heterocycles. The van der Waals surface area contributed by atoms with Crippen LogP contribution in [0.3, 0.4) is 0 Å². The van der Waals surface area contributed by atoms with Crippen LogP contribution in [0.4, 0.5) is 0 Å². The number of rotatable bonds is 1. The molecule has 0 atom stereocenters. The fourth-order valence-corrected chi connectivity index (χ4v) is 2.94. The minimum absolute atomic E-state index is 0.143. The first kappa shape index (κ1) is 13.7.